The number of carbonyl (C=O) groups is 2. The molecule has 2 amide bonds. The van der Waals surface area contributed by atoms with Gasteiger partial charge in [-0.05, 0) is 36.8 Å². The summed E-state index contributed by atoms with van der Waals surface area (Å²) >= 11 is 0. The van der Waals surface area contributed by atoms with E-state index < -0.39 is 0 Å². The van der Waals surface area contributed by atoms with Crippen LogP contribution in [0.4, 0.5) is 5.69 Å². The molecule has 0 atom stereocenters. The Labute approximate surface area is 179 Å². The van der Waals surface area contributed by atoms with Gasteiger partial charge < -0.3 is 24.2 Å². The van der Waals surface area contributed by atoms with Crippen LogP contribution in [-0.4, -0.2) is 42.7 Å². The highest BCUT2D eigenvalue weighted by Gasteiger charge is 2.22. The lowest BCUT2D eigenvalue weighted by atomic mass is 10.1. The zero-order valence-corrected chi connectivity index (χ0v) is 17.3. The molecule has 1 fully saturated rings. The second kappa shape index (κ2) is 8.86. The maximum Gasteiger partial charge on any atom is 0.251 e. The zero-order valence-electron chi connectivity index (χ0n) is 17.3. The fourth-order valence-electron chi connectivity index (χ4n) is 3.41. The van der Waals surface area contributed by atoms with E-state index in [1.54, 1.807) is 55.5 Å². The maximum atomic E-state index is 12.6. The molecule has 0 saturated carbocycles. The number of carbonyl (C=O) groups excluding carboxylic acids is 2. The number of amides is 2. The van der Waals surface area contributed by atoms with Gasteiger partial charge in [0.1, 0.15) is 11.5 Å². The molecule has 160 valence electrons. The van der Waals surface area contributed by atoms with Crippen molar-refractivity contribution >= 4 is 17.5 Å². The Morgan fingerprint density at radius 2 is 2.06 bits per heavy atom. The van der Waals surface area contributed by atoms with Crippen LogP contribution in [0.15, 0.2) is 47.0 Å². The van der Waals surface area contributed by atoms with Gasteiger partial charge in [-0.2, -0.15) is 4.98 Å². The van der Waals surface area contributed by atoms with E-state index in [2.05, 4.69) is 15.5 Å². The van der Waals surface area contributed by atoms with Crippen LogP contribution in [-0.2, 0) is 11.3 Å². The third-order valence-electron chi connectivity index (χ3n) is 5.01. The van der Waals surface area contributed by atoms with Crippen molar-refractivity contribution in [1.29, 1.82) is 0 Å². The van der Waals surface area contributed by atoms with E-state index in [1.165, 1.54) is 0 Å². The summed E-state index contributed by atoms with van der Waals surface area (Å²) in [5.74, 6) is 1.57. The fourth-order valence-corrected chi connectivity index (χ4v) is 3.41. The molecule has 0 unspecified atom stereocenters. The SMILES string of the molecule is COc1ccc(-c2noc(CNC(=O)c3cccc(N4CCCC4=O)c3)n2)c(OC)c1. The number of aromatic nitrogens is 2. The summed E-state index contributed by atoms with van der Waals surface area (Å²) in [4.78, 5) is 30.6. The first-order valence-electron chi connectivity index (χ1n) is 9.82. The van der Waals surface area contributed by atoms with Crippen molar-refractivity contribution in [2.24, 2.45) is 0 Å². The van der Waals surface area contributed by atoms with Gasteiger partial charge in [0, 0.05) is 30.3 Å². The number of methoxy groups -OCH3 is 2. The third-order valence-corrected chi connectivity index (χ3v) is 5.01. The highest BCUT2D eigenvalue weighted by Crippen LogP contribution is 2.31. The number of anilines is 1. The molecule has 1 aliphatic rings. The van der Waals surface area contributed by atoms with Crippen molar-refractivity contribution < 1.29 is 23.6 Å². The van der Waals surface area contributed by atoms with Gasteiger partial charge in [0.25, 0.3) is 5.91 Å². The van der Waals surface area contributed by atoms with E-state index in [0.29, 0.717) is 41.4 Å². The molecule has 1 aromatic heterocycles. The van der Waals surface area contributed by atoms with Crippen molar-refractivity contribution in [2.45, 2.75) is 19.4 Å². The van der Waals surface area contributed by atoms with Crippen molar-refractivity contribution in [3.05, 3.63) is 53.9 Å². The molecule has 9 heteroatoms. The predicted octanol–water partition coefficient (Wildman–Crippen LogP) is 2.81. The molecule has 0 spiro atoms. The van der Waals surface area contributed by atoms with Crippen LogP contribution < -0.4 is 19.7 Å². The van der Waals surface area contributed by atoms with Crippen molar-refractivity contribution in [2.75, 3.05) is 25.7 Å². The molecule has 2 heterocycles. The Balaban J connectivity index is 1.43. The quantitative estimate of drug-likeness (QED) is 0.624. The Hall–Kier alpha value is -3.88. The average molecular weight is 422 g/mol. The first-order valence-corrected chi connectivity index (χ1v) is 9.82. The third kappa shape index (κ3) is 4.35. The average Bonchev–Trinajstić information content (AvgIpc) is 3.46. The van der Waals surface area contributed by atoms with E-state index in [0.717, 1.165) is 12.1 Å². The lowest BCUT2D eigenvalue weighted by Gasteiger charge is -2.16. The molecule has 0 bridgehead atoms. The fraction of sp³-hybridized carbons (Fsp3) is 0.273. The number of nitrogens with zero attached hydrogens (tertiary/aromatic N) is 3. The van der Waals surface area contributed by atoms with Gasteiger partial charge in [-0.15, -0.1) is 0 Å². The molecule has 1 N–H and O–H groups in total. The van der Waals surface area contributed by atoms with Gasteiger partial charge in [-0.3, -0.25) is 9.59 Å². The second-order valence-electron chi connectivity index (χ2n) is 6.96. The molecule has 3 aromatic rings. The van der Waals surface area contributed by atoms with E-state index in [9.17, 15) is 9.59 Å². The number of benzene rings is 2. The van der Waals surface area contributed by atoms with Crippen LogP contribution >= 0.6 is 0 Å². The lowest BCUT2D eigenvalue weighted by molar-refractivity contribution is -0.117. The monoisotopic (exact) mass is 422 g/mol. The highest BCUT2D eigenvalue weighted by molar-refractivity contribution is 5.99. The minimum absolute atomic E-state index is 0.0666. The summed E-state index contributed by atoms with van der Waals surface area (Å²) in [6, 6.07) is 12.3. The number of ether oxygens (including phenoxy) is 2. The first kappa shape index (κ1) is 20.4. The Bertz CT molecular complexity index is 1110. The van der Waals surface area contributed by atoms with Crippen molar-refractivity contribution in [3.8, 4) is 22.9 Å². The summed E-state index contributed by atoms with van der Waals surface area (Å²) in [6.07, 6.45) is 1.36. The summed E-state index contributed by atoms with van der Waals surface area (Å²) in [5, 5.41) is 6.74. The number of hydrogen-bond donors (Lipinski definition) is 1. The number of rotatable bonds is 7. The highest BCUT2D eigenvalue weighted by atomic mass is 16.5. The summed E-state index contributed by atoms with van der Waals surface area (Å²) in [5.41, 5.74) is 1.82. The van der Waals surface area contributed by atoms with Crippen molar-refractivity contribution in [1.82, 2.24) is 15.5 Å². The molecular formula is C22H22N4O5. The summed E-state index contributed by atoms with van der Waals surface area (Å²) in [7, 11) is 3.12. The smallest absolute Gasteiger partial charge is 0.251 e. The van der Waals surface area contributed by atoms with E-state index >= 15 is 0 Å². The Morgan fingerprint density at radius 3 is 2.81 bits per heavy atom. The molecular weight excluding hydrogens is 400 g/mol. The van der Waals surface area contributed by atoms with Crippen LogP contribution in [0.5, 0.6) is 11.5 Å². The van der Waals surface area contributed by atoms with Crippen LogP contribution in [0.2, 0.25) is 0 Å². The molecule has 31 heavy (non-hydrogen) atoms. The first-order chi connectivity index (χ1) is 15.1. The van der Waals surface area contributed by atoms with E-state index in [-0.39, 0.29) is 24.2 Å². The van der Waals surface area contributed by atoms with Gasteiger partial charge in [-0.1, -0.05) is 11.2 Å². The Morgan fingerprint density at radius 1 is 1.19 bits per heavy atom. The molecule has 1 saturated heterocycles. The number of nitrogens with one attached hydrogen (secondary N) is 1. The van der Waals surface area contributed by atoms with Gasteiger partial charge in [0.05, 0.1) is 26.3 Å². The van der Waals surface area contributed by atoms with Gasteiger partial charge in [-0.25, -0.2) is 0 Å². The molecule has 0 aliphatic carbocycles. The molecule has 0 radical (unpaired) electrons. The van der Waals surface area contributed by atoms with Crippen LogP contribution in [0.25, 0.3) is 11.4 Å². The van der Waals surface area contributed by atoms with Crippen LogP contribution in [0.3, 0.4) is 0 Å². The van der Waals surface area contributed by atoms with Gasteiger partial charge in [0.2, 0.25) is 17.6 Å². The Kier molecular flexibility index (Phi) is 5.83. The van der Waals surface area contributed by atoms with E-state index in [4.69, 9.17) is 14.0 Å². The minimum atomic E-state index is -0.296. The minimum Gasteiger partial charge on any atom is -0.497 e. The standard InChI is InChI=1S/C22H22N4O5/c1-29-16-8-9-17(18(12-16)30-2)21-24-19(31-25-21)13-23-22(28)14-5-3-6-15(11-14)26-10-4-7-20(26)27/h3,5-6,8-9,11-12H,4,7,10,13H2,1-2H3,(H,23,28). The van der Waals surface area contributed by atoms with Crippen LogP contribution in [0.1, 0.15) is 29.1 Å². The molecule has 2 aromatic carbocycles. The normalized spacial score (nSPS) is 13.4. The molecule has 1 aliphatic heterocycles. The molecule has 9 nitrogen and oxygen atoms in total. The van der Waals surface area contributed by atoms with E-state index in [1.807, 2.05) is 6.07 Å². The second-order valence-corrected chi connectivity index (χ2v) is 6.96. The van der Waals surface area contributed by atoms with Crippen LogP contribution in [0, 0.1) is 0 Å². The van der Waals surface area contributed by atoms with Crippen molar-refractivity contribution in [3.63, 3.8) is 0 Å². The summed E-state index contributed by atoms with van der Waals surface area (Å²) < 4.78 is 15.8. The summed E-state index contributed by atoms with van der Waals surface area (Å²) in [6.45, 7) is 0.737. The predicted molar refractivity (Wildman–Crippen MR) is 112 cm³/mol. The maximum absolute atomic E-state index is 12.6. The van der Waals surface area contributed by atoms with Gasteiger partial charge in [0.15, 0.2) is 0 Å². The lowest BCUT2D eigenvalue weighted by Crippen LogP contribution is -2.25. The molecule has 4 rings (SSSR count). The largest absolute Gasteiger partial charge is 0.497 e. The topological polar surface area (TPSA) is 107 Å². The number of hydrogen-bond acceptors (Lipinski definition) is 7. The zero-order chi connectivity index (χ0) is 21.8. The van der Waals surface area contributed by atoms with Gasteiger partial charge >= 0.3 is 0 Å².